The Hall–Kier alpha value is -3.35. The van der Waals surface area contributed by atoms with E-state index in [-0.39, 0.29) is 18.1 Å². The van der Waals surface area contributed by atoms with E-state index in [1.54, 1.807) is 31.4 Å². The van der Waals surface area contributed by atoms with Gasteiger partial charge in [0, 0.05) is 0 Å². The van der Waals surface area contributed by atoms with E-state index < -0.39 is 11.9 Å². The number of hydrogen-bond donors (Lipinski definition) is 1. The number of carbonyl (C=O) groups excluding carboxylic acids is 2. The number of carbonyl (C=O) groups is 2. The summed E-state index contributed by atoms with van der Waals surface area (Å²) in [7, 11) is 1.55. The molecular weight excluding hydrogens is 351 g/mol. The van der Waals surface area contributed by atoms with E-state index in [0.29, 0.717) is 29.2 Å². The molecule has 0 aliphatic carbocycles. The van der Waals surface area contributed by atoms with Gasteiger partial charge in [-0.3, -0.25) is 9.69 Å². The van der Waals surface area contributed by atoms with Crippen molar-refractivity contribution in [3.05, 3.63) is 65.1 Å². The zero-order valence-electron chi connectivity index (χ0n) is 15.0. The highest BCUT2D eigenvalue weighted by molar-refractivity contribution is 6.13. The summed E-state index contributed by atoms with van der Waals surface area (Å²) >= 11 is 0. The molecule has 0 radical (unpaired) electrons. The molecule has 27 heavy (non-hydrogen) atoms. The first-order valence-corrected chi connectivity index (χ1v) is 8.41. The van der Waals surface area contributed by atoms with Crippen molar-refractivity contribution in [2.45, 2.75) is 13.5 Å². The van der Waals surface area contributed by atoms with Gasteiger partial charge in [-0.15, -0.1) is 0 Å². The van der Waals surface area contributed by atoms with Crippen LogP contribution in [0.25, 0.3) is 6.08 Å². The number of benzene rings is 2. The number of nitrogens with one attached hydrogen (secondary N) is 1. The molecule has 1 heterocycles. The van der Waals surface area contributed by atoms with Crippen LogP contribution in [0.2, 0.25) is 0 Å². The number of imide groups is 1. The summed E-state index contributed by atoms with van der Waals surface area (Å²) in [5, 5.41) is 2.57. The van der Waals surface area contributed by atoms with Crippen LogP contribution in [0.15, 0.2) is 48.2 Å². The molecule has 0 unspecified atom stereocenters. The standard InChI is InChI=1S/C20H19FN2O4/c1-3-27-18-11-14(6-9-17(18)26-2)10-16-19(24)23(20(25)22-16)12-13-4-7-15(21)8-5-13/h4-11H,3,12H2,1-2H3,(H,22,25). The van der Waals surface area contributed by atoms with Crippen molar-refractivity contribution in [3.63, 3.8) is 0 Å². The minimum Gasteiger partial charge on any atom is -0.493 e. The van der Waals surface area contributed by atoms with Gasteiger partial charge in [-0.2, -0.15) is 0 Å². The molecule has 2 aromatic carbocycles. The van der Waals surface area contributed by atoms with Crippen molar-refractivity contribution in [1.82, 2.24) is 10.2 Å². The molecule has 1 N–H and O–H groups in total. The molecule has 0 bridgehead atoms. The Morgan fingerprint density at radius 3 is 2.52 bits per heavy atom. The Kier molecular flexibility index (Phi) is 5.40. The number of urea groups is 1. The molecule has 0 aromatic heterocycles. The van der Waals surface area contributed by atoms with Gasteiger partial charge in [-0.05, 0) is 48.4 Å². The maximum atomic E-state index is 13.0. The number of methoxy groups -OCH3 is 1. The van der Waals surface area contributed by atoms with Gasteiger partial charge in [0.05, 0.1) is 20.3 Å². The fraction of sp³-hybridized carbons (Fsp3) is 0.200. The largest absolute Gasteiger partial charge is 0.493 e. The minimum atomic E-state index is -0.519. The average molecular weight is 370 g/mol. The summed E-state index contributed by atoms with van der Waals surface area (Å²) in [6, 6.07) is 10.4. The SMILES string of the molecule is CCOc1cc(C=C2NC(=O)N(Cc3ccc(F)cc3)C2=O)ccc1OC. The summed E-state index contributed by atoms with van der Waals surface area (Å²) in [5.41, 5.74) is 1.51. The summed E-state index contributed by atoms with van der Waals surface area (Å²) in [6.45, 7) is 2.39. The molecule has 6 nitrogen and oxygen atoms in total. The van der Waals surface area contributed by atoms with E-state index in [2.05, 4.69) is 5.32 Å². The van der Waals surface area contributed by atoms with Gasteiger partial charge >= 0.3 is 6.03 Å². The van der Waals surface area contributed by atoms with Gasteiger partial charge in [0.15, 0.2) is 11.5 Å². The fourth-order valence-electron chi connectivity index (χ4n) is 2.71. The van der Waals surface area contributed by atoms with Crippen molar-refractivity contribution in [1.29, 1.82) is 0 Å². The molecule has 1 saturated heterocycles. The second kappa shape index (κ2) is 7.90. The van der Waals surface area contributed by atoms with Crippen molar-refractivity contribution >= 4 is 18.0 Å². The Labute approximate surface area is 156 Å². The average Bonchev–Trinajstić information content (AvgIpc) is 2.91. The molecule has 140 valence electrons. The summed E-state index contributed by atoms with van der Waals surface area (Å²) in [5.74, 6) is 0.312. The van der Waals surface area contributed by atoms with Gasteiger partial charge in [-0.1, -0.05) is 18.2 Å². The zero-order valence-corrected chi connectivity index (χ0v) is 15.0. The third kappa shape index (κ3) is 4.08. The van der Waals surface area contributed by atoms with Crippen LogP contribution >= 0.6 is 0 Å². The third-order valence-electron chi connectivity index (χ3n) is 4.01. The molecule has 0 saturated carbocycles. The first-order valence-electron chi connectivity index (χ1n) is 8.41. The van der Waals surface area contributed by atoms with Crippen molar-refractivity contribution < 1.29 is 23.5 Å². The van der Waals surface area contributed by atoms with Gasteiger partial charge in [0.2, 0.25) is 0 Å². The van der Waals surface area contributed by atoms with E-state index in [1.807, 2.05) is 6.92 Å². The quantitative estimate of drug-likeness (QED) is 0.626. The van der Waals surface area contributed by atoms with Crippen LogP contribution in [0.4, 0.5) is 9.18 Å². The molecular formula is C20H19FN2O4. The van der Waals surface area contributed by atoms with E-state index in [1.165, 1.54) is 24.3 Å². The highest BCUT2D eigenvalue weighted by atomic mass is 19.1. The third-order valence-corrected chi connectivity index (χ3v) is 4.01. The lowest BCUT2D eigenvalue weighted by molar-refractivity contribution is -0.123. The maximum absolute atomic E-state index is 13.0. The maximum Gasteiger partial charge on any atom is 0.329 e. The van der Waals surface area contributed by atoms with E-state index in [4.69, 9.17) is 9.47 Å². The molecule has 7 heteroatoms. The van der Waals surface area contributed by atoms with Gasteiger partial charge in [0.25, 0.3) is 5.91 Å². The van der Waals surface area contributed by atoms with Crippen LogP contribution in [0.1, 0.15) is 18.1 Å². The predicted molar refractivity (Wildman–Crippen MR) is 97.6 cm³/mol. The van der Waals surface area contributed by atoms with E-state index >= 15 is 0 Å². The Morgan fingerprint density at radius 1 is 1.11 bits per heavy atom. The number of amides is 3. The lowest BCUT2D eigenvalue weighted by atomic mass is 10.1. The topological polar surface area (TPSA) is 67.9 Å². The Bertz CT molecular complexity index is 893. The second-order valence-corrected chi connectivity index (χ2v) is 5.85. The van der Waals surface area contributed by atoms with Crippen molar-refractivity contribution in [3.8, 4) is 11.5 Å². The highest BCUT2D eigenvalue weighted by Crippen LogP contribution is 2.29. The normalized spacial score (nSPS) is 15.2. The summed E-state index contributed by atoms with van der Waals surface area (Å²) in [6.07, 6.45) is 1.58. The van der Waals surface area contributed by atoms with Gasteiger partial charge < -0.3 is 14.8 Å². The molecule has 3 amide bonds. The molecule has 1 aliphatic rings. The summed E-state index contributed by atoms with van der Waals surface area (Å²) < 4.78 is 23.8. The summed E-state index contributed by atoms with van der Waals surface area (Å²) in [4.78, 5) is 25.8. The first kappa shape index (κ1) is 18.4. The van der Waals surface area contributed by atoms with Crippen LogP contribution in [-0.4, -0.2) is 30.6 Å². The molecule has 3 rings (SSSR count). The van der Waals surface area contributed by atoms with E-state index in [0.717, 1.165) is 4.90 Å². The zero-order chi connectivity index (χ0) is 19.4. The van der Waals surface area contributed by atoms with Crippen LogP contribution in [0.5, 0.6) is 11.5 Å². The van der Waals surface area contributed by atoms with Crippen LogP contribution in [-0.2, 0) is 11.3 Å². The highest BCUT2D eigenvalue weighted by Gasteiger charge is 2.33. The van der Waals surface area contributed by atoms with Gasteiger partial charge in [0.1, 0.15) is 11.5 Å². The lowest BCUT2D eigenvalue weighted by Crippen LogP contribution is -2.30. The number of nitrogens with zero attached hydrogens (tertiary/aromatic N) is 1. The molecule has 1 fully saturated rings. The van der Waals surface area contributed by atoms with Crippen LogP contribution in [0, 0.1) is 5.82 Å². The van der Waals surface area contributed by atoms with Crippen LogP contribution < -0.4 is 14.8 Å². The van der Waals surface area contributed by atoms with E-state index in [9.17, 15) is 14.0 Å². The molecule has 0 atom stereocenters. The van der Waals surface area contributed by atoms with Crippen molar-refractivity contribution in [2.24, 2.45) is 0 Å². The second-order valence-electron chi connectivity index (χ2n) is 5.85. The Balaban J connectivity index is 1.81. The minimum absolute atomic E-state index is 0.0646. The first-order chi connectivity index (χ1) is 13.0. The molecule has 1 aliphatic heterocycles. The Morgan fingerprint density at radius 2 is 1.85 bits per heavy atom. The predicted octanol–water partition coefficient (Wildman–Crippen LogP) is 3.33. The lowest BCUT2D eigenvalue weighted by Gasteiger charge is -2.11. The monoisotopic (exact) mass is 370 g/mol. The van der Waals surface area contributed by atoms with Gasteiger partial charge in [-0.25, -0.2) is 9.18 Å². The van der Waals surface area contributed by atoms with Crippen molar-refractivity contribution in [2.75, 3.05) is 13.7 Å². The number of ether oxygens (including phenoxy) is 2. The van der Waals surface area contributed by atoms with Crippen LogP contribution in [0.3, 0.4) is 0 Å². The fourth-order valence-corrected chi connectivity index (χ4v) is 2.71. The smallest absolute Gasteiger partial charge is 0.329 e. The number of hydrogen-bond acceptors (Lipinski definition) is 4. The molecule has 0 spiro atoms. The molecule has 2 aromatic rings. The number of rotatable bonds is 6. The number of halogens is 1.